The third-order valence-corrected chi connectivity index (χ3v) is 6.53. The van der Waals surface area contributed by atoms with E-state index in [0.717, 1.165) is 34.1 Å². The molecule has 3 aromatic carbocycles. The number of carbonyl (C=O) groups excluding carboxylic acids is 1. The Labute approximate surface area is 196 Å². The fourth-order valence-corrected chi connectivity index (χ4v) is 4.62. The van der Waals surface area contributed by atoms with Gasteiger partial charge in [-0.25, -0.2) is 4.79 Å². The lowest BCUT2D eigenvalue weighted by molar-refractivity contribution is -0.185. The fourth-order valence-electron chi connectivity index (χ4n) is 4.11. The molecule has 4 aromatic rings. The Hall–Kier alpha value is -3.55. The number of aliphatic hydroxyl groups is 1. The quantitative estimate of drug-likeness (QED) is 0.446. The van der Waals surface area contributed by atoms with Crippen molar-refractivity contribution in [2.75, 3.05) is 19.0 Å². The average molecular weight is 458 g/mol. The van der Waals surface area contributed by atoms with Crippen LogP contribution in [-0.4, -0.2) is 33.9 Å². The molecule has 1 unspecified atom stereocenters. The van der Waals surface area contributed by atoms with Crippen molar-refractivity contribution in [1.82, 2.24) is 8.75 Å². The summed E-state index contributed by atoms with van der Waals surface area (Å²) in [5.74, 6) is -2.41. The Morgan fingerprint density at radius 1 is 0.970 bits per heavy atom. The molecule has 1 N–H and O–H groups in total. The maximum Gasteiger partial charge on any atom is 0.342 e. The van der Waals surface area contributed by atoms with Gasteiger partial charge in [0.15, 0.2) is 0 Å². The zero-order valence-corrected chi connectivity index (χ0v) is 19.4. The molecule has 0 saturated heterocycles. The summed E-state index contributed by atoms with van der Waals surface area (Å²) in [4.78, 5) is 15.2. The van der Waals surface area contributed by atoms with Gasteiger partial charge in [0.25, 0.3) is 5.79 Å². The Kier molecular flexibility index (Phi) is 5.23. The highest BCUT2D eigenvalue weighted by Crippen LogP contribution is 2.45. The first-order valence-electron chi connectivity index (χ1n) is 10.6. The number of esters is 1. The van der Waals surface area contributed by atoms with Gasteiger partial charge in [-0.2, -0.15) is 8.75 Å². The third kappa shape index (κ3) is 3.79. The second kappa shape index (κ2) is 8.10. The van der Waals surface area contributed by atoms with Gasteiger partial charge >= 0.3 is 5.97 Å². The van der Waals surface area contributed by atoms with E-state index in [4.69, 9.17) is 4.74 Å². The Morgan fingerprint density at radius 2 is 1.67 bits per heavy atom. The van der Waals surface area contributed by atoms with E-state index in [1.165, 1.54) is 0 Å². The standard InChI is InChI=1S/C26H23N3O3S/c1-16-4-9-19(10-5-16)26(31)21(14-17-6-11-20(12-7-17)29(2)3)24(25(30)32-26)18-8-13-22-23(15-18)28-33-27-22/h4-13,15,31H,14H2,1-3H3. The number of rotatable bonds is 5. The summed E-state index contributed by atoms with van der Waals surface area (Å²) >= 11 is 1.12. The molecule has 166 valence electrons. The van der Waals surface area contributed by atoms with E-state index < -0.39 is 11.8 Å². The van der Waals surface area contributed by atoms with E-state index >= 15 is 0 Å². The van der Waals surface area contributed by atoms with E-state index in [1.807, 2.05) is 80.5 Å². The Bertz CT molecular complexity index is 1370. The maximum atomic E-state index is 13.2. The molecule has 2 heterocycles. The number of carbonyl (C=O) groups is 1. The zero-order chi connectivity index (χ0) is 23.2. The van der Waals surface area contributed by atoms with Crippen LogP contribution in [0.3, 0.4) is 0 Å². The number of hydrogen-bond acceptors (Lipinski definition) is 7. The number of hydrogen-bond donors (Lipinski definition) is 1. The molecule has 1 aromatic heterocycles. The van der Waals surface area contributed by atoms with Gasteiger partial charge in [-0.15, -0.1) is 0 Å². The van der Waals surface area contributed by atoms with Gasteiger partial charge < -0.3 is 14.7 Å². The summed E-state index contributed by atoms with van der Waals surface area (Å²) < 4.78 is 14.2. The number of aromatic nitrogens is 2. The average Bonchev–Trinajstić information content (AvgIpc) is 3.36. The molecule has 1 aliphatic rings. The molecule has 7 heteroatoms. The number of benzene rings is 3. The largest absolute Gasteiger partial charge is 0.421 e. The molecule has 0 amide bonds. The van der Waals surface area contributed by atoms with Crippen molar-refractivity contribution < 1.29 is 14.6 Å². The summed E-state index contributed by atoms with van der Waals surface area (Å²) in [6, 6.07) is 20.9. The van der Waals surface area contributed by atoms with Crippen molar-refractivity contribution in [1.29, 1.82) is 0 Å². The Morgan fingerprint density at radius 3 is 2.36 bits per heavy atom. The SMILES string of the molecule is Cc1ccc(C2(O)OC(=O)C(c3ccc4nsnc4c3)=C2Cc2ccc(N(C)C)cc2)cc1. The summed E-state index contributed by atoms with van der Waals surface area (Å²) in [6.45, 7) is 1.97. The van der Waals surface area contributed by atoms with Crippen LogP contribution in [-0.2, 0) is 21.7 Å². The number of nitrogens with zero attached hydrogens (tertiary/aromatic N) is 3. The number of anilines is 1. The van der Waals surface area contributed by atoms with Gasteiger partial charge in [-0.3, -0.25) is 0 Å². The van der Waals surface area contributed by atoms with Crippen LogP contribution in [0, 0.1) is 6.92 Å². The topological polar surface area (TPSA) is 75.5 Å². The van der Waals surface area contributed by atoms with Gasteiger partial charge in [-0.05, 0) is 42.3 Å². The van der Waals surface area contributed by atoms with Gasteiger partial charge in [0.1, 0.15) is 11.0 Å². The predicted molar refractivity (Wildman–Crippen MR) is 130 cm³/mol. The summed E-state index contributed by atoms with van der Waals surface area (Å²) in [5, 5.41) is 11.8. The highest BCUT2D eigenvalue weighted by molar-refractivity contribution is 7.00. The van der Waals surface area contributed by atoms with E-state index in [1.54, 1.807) is 12.1 Å². The van der Waals surface area contributed by atoms with E-state index in [2.05, 4.69) is 8.75 Å². The van der Waals surface area contributed by atoms with E-state index in [0.29, 0.717) is 34.2 Å². The molecule has 0 saturated carbocycles. The number of cyclic esters (lactones) is 1. The van der Waals surface area contributed by atoms with Gasteiger partial charge in [-0.1, -0.05) is 48.0 Å². The minimum atomic E-state index is -1.85. The van der Waals surface area contributed by atoms with Crippen LogP contribution >= 0.6 is 11.7 Å². The molecule has 5 rings (SSSR count). The monoisotopic (exact) mass is 457 g/mol. The molecule has 0 radical (unpaired) electrons. The van der Waals surface area contributed by atoms with Crippen molar-refractivity contribution in [2.24, 2.45) is 0 Å². The molecule has 1 aliphatic heterocycles. The van der Waals surface area contributed by atoms with Crippen molar-refractivity contribution in [3.8, 4) is 0 Å². The molecule has 1 atom stereocenters. The van der Waals surface area contributed by atoms with Crippen molar-refractivity contribution in [3.05, 3.63) is 94.6 Å². The van der Waals surface area contributed by atoms with Crippen molar-refractivity contribution in [2.45, 2.75) is 19.1 Å². The zero-order valence-electron chi connectivity index (χ0n) is 18.6. The first-order valence-corrected chi connectivity index (χ1v) is 11.3. The molecule has 0 spiro atoms. The van der Waals surface area contributed by atoms with E-state index in [9.17, 15) is 9.90 Å². The van der Waals surface area contributed by atoms with Gasteiger partial charge in [0.2, 0.25) is 0 Å². The summed E-state index contributed by atoms with van der Waals surface area (Å²) in [7, 11) is 3.97. The van der Waals surface area contributed by atoms with Crippen LogP contribution in [0.25, 0.3) is 16.6 Å². The van der Waals surface area contributed by atoms with Crippen LogP contribution in [0.15, 0.2) is 72.3 Å². The van der Waals surface area contributed by atoms with Crippen LogP contribution in [0.2, 0.25) is 0 Å². The normalized spacial score (nSPS) is 18.1. The number of ether oxygens (including phenoxy) is 1. The number of fused-ring (bicyclic) bond motifs is 1. The van der Waals surface area contributed by atoms with Gasteiger partial charge in [0.05, 0.1) is 17.3 Å². The molecule has 0 fully saturated rings. The minimum absolute atomic E-state index is 0.354. The second-order valence-corrected chi connectivity index (χ2v) is 8.99. The van der Waals surface area contributed by atoms with Crippen LogP contribution in [0.5, 0.6) is 0 Å². The maximum absolute atomic E-state index is 13.2. The van der Waals surface area contributed by atoms with Crippen LogP contribution in [0.4, 0.5) is 5.69 Å². The summed E-state index contributed by atoms with van der Waals surface area (Å²) in [6.07, 6.45) is 0.354. The molecular weight excluding hydrogens is 434 g/mol. The fraction of sp³-hybridized carbons (Fsp3) is 0.192. The first kappa shape index (κ1) is 21.3. The Balaban J connectivity index is 1.67. The van der Waals surface area contributed by atoms with Crippen molar-refractivity contribution >= 4 is 40.0 Å². The van der Waals surface area contributed by atoms with Gasteiger partial charge in [0, 0.05) is 37.3 Å². The highest BCUT2D eigenvalue weighted by atomic mass is 32.1. The lowest BCUT2D eigenvalue weighted by Gasteiger charge is -2.26. The number of aryl methyl sites for hydroxylation is 1. The van der Waals surface area contributed by atoms with E-state index in [-0.39, 0.29) is 0 Å². The lowest BCUT2D eigenvalue weighted by atomic mass is 9.87. The highest BCUT2D eigenvalue weighted by Gasteiger charge is 2.48. The molecule has 0 aliphatic carbocycles. The molecule has 6 nitrogen and oxygen atoms in total. The molecule has 0 bridgehead atoms. The second-order valence-electron chi connectivity index (χ2n) is 8.46. The lowest BCUT2D eigenvalue weighted by Crippen LogP contribution is -2.29. The van der Waals surface area contributed by atoms with Crippen LogP contribution < -0.4 is 4.90 Å². The predicted octanol–water partition coefficient (Wildman–Crippen LogP) is 4.46. The minimum Gasteiger partial charge on any atom is -0.421 e. The summed E-state index contributed by atoms with van der Waals surface area (Å²) in [5.41, 5.74) is 6.62. The van der Waals surface area contributed by atoms with Crippen molar-refractivity contribution in [3.63, 3.8) is 0 Å². The molecule has 33 heavy (non-hydrogen) atoms. The first-order chi connectivity index (χ1) is 15.8. The third-order valence-electron chi connectivity index (χ3n) is 5.97. The van der Waals surface area contributed by atoms with Crippen LogP contribution in [0.1, 0.15) is 22.3 Å². The smallest absolute Gasteiger partial charge is 0.342 e. The molecular formula is C26H23N3O3S.